The van der Waals surface area contributed by atoms with Gasteiger partial charge in [0.25, 0.3) is 0 Å². The van der Waals surface area contributed by atoms with Gasteiger partial charge in [-0.15, -0.1) is 0 Å². The normalized spacial score (nSPS) is 10.8. The Balaban J connectivity index is 2.59. The molecule has 9 heteroatoms. The molecule has 0 fully saturated rings. The molecule has 1 aromatic rings. The number of aromatic carboxylic acids is 1. The van der Waals surface area contributed by atoms with Gasteiger partial charge in [0.05, 0.1) is 5.56 Å². The number of carbonyl (C=O) groups excluding carboxylic acids is 1. The molecule has 0 aromatic carbocycles. The summed E-state index contributed by atoms with van der Waals surface area (Å²) in [5, 5.41) is 12.2. The van der Waals surface area contributed by atoms with Crippen LogP contribution in [0.25, 0.3) is 0 Å². The third-order valence-electron chi connectivity index (χ3n) is 1.70. The number of rotatable bonds is 3. The van der Waals surface area contributed by atoms with Gasteiger partial charge in [0.15, 0.2) is 0 Å². The van der Waals surface area contributed by atoms with E-state index in [4.69, 9.17) is 5.11 Å². The van der Waals surface area contributed by atoms with E-state index >= 15 is 0 Å². The van der Waals surface area contributed by atoms with E-state index in [1.54, 1.807) is 5.32 Å². The molecule has 0 saturated carbocycles. The molecule has 0 atom stereocenters. The minimum Gasteiger partial charge on any atom is -0.478 e. The molecule has 0 radical (unpaired) electrons. The first-order valence-electron chi connectivity index (χ1n) is 4.59. The quantitative estimate of drug-likeness (QED) is 0.770. The van der Waals surface area contributed by atoms with Crippen LogP contribution in [0.5, 0.6) is 0 Å². The summed E-state index contributed by atoms with van der Waals surface area (Å²) in [4.78, 5) is 25.2. The van der Waals surface area contributed by atoms with Crippen LogP contribution < -0.4 is 10.6 Å². The molecule has 6 nitrogen and oxygen atoms in total. The first-order chi connectivity index (χ1) is 8.28. The predicted octanol–water partition coefficient (Wildman–Crippen LogP) is 1.46. The van der Waals surface area contributed by atoms with Gasteiger partial charge in [-0.2, -0.15) is 13.2 Å². The fraction of sp³-hybridized carbons (Fsp3) is 0.222. The number of aromatic nitrogens is 1. The lowest BCUT2D eigenvalue weighted by Crippen LogP contribution is -2.36. The highest BCUT2D eigenvalue weighted by Crippen LogP contribution is 2.12. The molecule has 0 aliphatic heterocycles. The summed E-state index contributed by atoms with van der Waals surface area (Å²) in [6.07, 6.45) is -3.41. The van der Waals surface area contributed by atoms with E-state index in [1.807, 2.05) is 5.32 Å². The van der Waals surface area contributed by atoms with Crippen LogP contribution in [-0.4, -0.2) is 34.8 Å². The van der Waals surface area contributed by atoms with Crippen molar-refractivity contribution in [3.8, 4) is 0 Å². The lowest BCUT2D eigenvalue weighted by Gasteiger charge is -2.09. The highest BCUT2D eigenvalue weighted by Gasteiger charge is 2.27. The smallest absolute Gasteiger partial charge is 0.405 e. The zero-order chi connectivity index (χ0) is 13.8. The average molecular weight is 263 g/mol. The zero-order valence-corrected chi connectivity index (χ0v) is 8.78. The third kappa shape index (κ3) is 4.68. The van der Waals surface area contributed by atoms with E-state index in [1.165, 1.54) is 6.07 Å². The third-order valence-corrected chi connectivity index (χ3v) is 1.70. The summed E-state index contributed by atoms with van der Waals surface area (Å²) >= 11 is 0. The molecular weight excluding hydrogens is 255 g/mol. The van der Waals surface area contributed by atoms with Gasteiger partial charge in [-0.05, 0) is 12.1 Å². The molecular formula is C9H8F3N3O3. The number of amides is 2. The van der Waals surface area contributed by atoms with Gasteiger partial charge in [-0.25, -0.2) is 14.6 Å². The molecule has 0 aliphatic rings. The number of urea groups is 1. The second-order valence-corrected chi connectivity index (χ2v) is 3.16. The van der Waals surface area contributed by atoms with Gasteiger partial charge in [-0.3, -0.25) is 5.32 Å². The minimum atomic E-state index is -4.52. The summed E-state index contributed by atoms with van der Waals surface area (Å²) in [5.41, 5.74) is -0.142. The standard InChI is InChI=1S/C9H8F3N3O3/c10-9(11,12)4-14-8(18)15-6-3-5(7(16)17)1-2-13-6/h1-3H,4H2,(H,16,17)(H2,13,14,15,18). The van der Waals surface area contributed by atoms with Crippen molar-refractivity contribution in [2.45, 2.75) is 6.18 Å². The summed E-state index contributed by atoms with van der Waals surface area (Å²) in [6, 6.07) is 1.08. The summed E-state index contributed by atoms with van der Waals surface area (Å²) < 4.78 is 35.4. The maximum Gasteiger partial charge on any atom is 0.405 e. The number of nitrogens with zero attached hydrogens (tertiary/aromatic N) is 1. The first-order valence-corrected chi connectivity index (χ1v) is 4.59. The lowest BCUT2D eigenvalue weighted by atomic mass is 10.2. The van der Waals surface area contributed by atoms with Crippen LogP contribution in [0.15, 0.2) is 18.3 Å². The molecule has 2 amide bonds. The highest BCUT2D eigenvalue weighted by atomic mass is 19.4. The van der Waals surface area contributed by atoms with Crippen LogP contribution in [0.4, 0.5) is 23.8 Å². The Labute approximate surface area is 98.8 Å². The van der Waals surface area contributed by atoms with E-state index in [9.17, 15) is 22.8 Å². The molecule has 0 unspecified atom stereocenters. The van der Waals surface area contributed by atoms with Crippen molar-refractivity contribution in [1.29, 1.82) is 0 Å². The van der Waals surface area contributed by atoms with Gasteiger partial charge in [0.1, 0.15) is 12.4 Å². The maximum absolute atomic E-state index is 11.8. The highest BCUT2D eigenvalue weighted by molar-refractivity contribution is 5.92. The Morgan fingerprint density at radius 2 is 2.06 bits per heavy atom. The number of carboxylic acids is 1. The summed E-state index contributed by atoms with van der Waals surface area (Å²) in [6.45, 7) is -1.49. The zero-order valence-electron chi connectivity index (χ0n) is 8.78. The van der Waals surface area contributed by atoms with Crippen molar-refractivity contribution in [2.24, 2.45) is 0 Å². The number of halogens is 3. The topological polar surface area (TPSA) is 91.3 Å². The SMILES string of the molecule is O=C(NCC(F)(F)F)Nc1cc(C(=O)O)ccn1. The van der Waals surface area contributed by atoms with Gasteiger partial charge in [-0.1, -0.05) is 0 Å². The van der Waals surface area contributed by atoms with Crippen LogP contribution >= 0.6 is 0 Å². The van der Waals surface area contributed by atoms with Crippen LogP contribution in [0.2, 0.25) is 0 Å². The van der Waals surface area contributed by atoms with Crippen LogP contribution in [0, 0.1) is 0 Å². The van der Waals surface area contributed by atoms with Crippen LogP contribution in [0.3, 0.4) is 0 Å². The summed E-state index contributed by atoms with van der Waals surface area (Å²) in [7, 11) is 0. The monoisotopic (exact) mass is 263 g/mol. The average Bonchev–Trinajstić information content (AvgIpc) is 2.26. The molecule has 0 spiro atoms. The van der Waals surface area contributed by atoms with Crippen molar-refractivity contribution >= 4 is 17.8 Å². The predicted molar refractivity (Wildman–Crippen MR) is 54.3 cm³/mol. The Morgan fingerprint density at radius 3 is 2.61 bits per heavy atom. The minimum absolute atomic E-state index is 0.142. The van der Waals surface area contributed by atoms with Crippen molar-refractivity contribution in [3.63, 3.8) is 0 Å². The van der Waals surface area contributed by atoms with Gasteiger partial charge in [0, 0.05) is 6.20 Å². The second-order valence-electron chi connectivity index (χ2n) is 3.16. The molecule has 0 bridgehead atoms. The molecule has 1 rings (SSSR count). The van der Waals surface area contributed by atoms with Crippen molar-refractivity contribution in [3.05, 3.63) is 23.9 Å². The Kier molecular flexibility index (Phi) is 4.08. The van der Waals surface area contributed by atoms with E-state index < -0.39 is 24.7 Å². The van der Waals surface area contributed by atoms with E-state index in [0.717, 1.165) is 12.3 Å². The molecule has 1 heterocycles. The molecule has 1 aromatic heterocycles. The first kappa shape index (κ1) is 13.7. The molecule has 98 valence electrons. The fourth-order valence-corrected chi connectivity index (χ4v) is 0.973. The number of hydrogen-bond donors (Lipinski definition) is 3. The number of hydrogen-bond acceptors (Lipinski definition) is 3. The number of anilines is 1. The van der Waals surface area contributed by atoms with Crippen LogP contribution in [0.1, 0.15) is 10.4 Å². The molecule has 0 saturated heterocycles. The molecule has 0 aliphatic carbocycles. The van der Waals surface area contributed by atoms with Crippen molar-refractivity contribution in [1.82, 2.24) is 10.3 Å². The Hall–Kier alpha value is -2.32. The van der Waals surface area contributed by atoms with E-state index in [-0.39, 0.29) is 11.4 Å². The summed E-state index contributed by atoms with van der Waals surface area (Å²) in [5.74, 6) is -1.40. The molecule has 3 N–H and O–H groups in total. The lowest BCUT2D eigenvalue weighted by molar-refractivity contribution is -0.122. The number of pyridine rings is 1. The number of carboxylic acid groups (broad SMARTS) is 1. The second kappa shape index (κ2) is 5.34. The Morgan fingerprint density at radius 1 is 1.39 bits per heavy atom. The number of alkyl halides is 3. The largest absolute Gasteiger partial charge is 0.478 e. The van der Waals surface area contributed by atoms with Crippen LogP contribution in [-0.2, 0) is 0 Å². The fourth-order valence-electron chi connectivity index (χ4n) is 0.973. The number of carbonyl (C=O) groups is 2. The van der Waals surface area contributed by atoms with Gasteiger partial charge < -0.3 is 10.4 Å². The van der Waals surface area contributed by atoms with Crippen molar-refractivity contribution < 1.29 is 27.9 Å². The maximum atomic E-state index is 11.8. The van der Waals surface area contributed by atoms with Crippen molar-refractivity contribution in [2.75, 3.05) is 11.9 Å². The van der Waals surface area contributed by atoms with E-state index in [0.29, 0.717) is 0 Å². The van der Waals surface area contributed by atoms with Gasteiger partial charge >= 0.3 is 18.2 Å². The Bertz CT molecular complexity index is 462. The number of nitrogens with one attached hydrogen (secondary N) is 2. The molecule has 18 heavy (non-hydrogen) atoms. The van der Waals surface area contributed by atoms with E-state index in [2.05, 4.69) is 4.98 Å². The van der Waals surface area contributed by atoms with Gasteiger partial charge in [0.2, 0.25) is 0 Å².